The molecule has 0 amide bonds. The first-order valence-corrected chi connectivity index (χ1v) is 6.76. The van der Waals surface area contributed by atoms with E-state index in [0.717, 1.165) is 12.2 Å². The Bertz CT molecular complexity index is 551. The molecule has 0 aliphatic carbocycles. The maximum absolute atomic E-state index is 7.39. The van der Waals surface area contributed by atoms with E-state index in [2.05, 4.69) is 21.7 Å². The van der Waals surface area contributed by atoms with Gasteiger partial charge in [-0.05, 0) is 40.6 Å². The fraction of sp³-hybridized carbons (Fsp3) is 0.154. The lowest BCUT2D eigenvalue weighted by molar-refractivity contribution is 0.928. The van der Waals surface area contributed by atoms with Crippen LogP contribution >= 0.6 is 22.9 Å². The van der Waals surface area contributed by atoms with E-state index in [1.165, 1.54) is 5.56 Å². The summed E-state index contributed by atoms with van der Waals surface area (Å²) in [4.78, 5) is 2.11. The molecule has 0 saturated carbocycles. The van der Waals surface area contributed by atoms with Gasteiger partial charge in [0, 0.05) is 24.8 Å². The van der Waals surface area contributed by atoms with E-state index in [1.54, 1.807) is 17.4 Å². The topological polar surface area (TPSA) is 53.1 Å². The van der Waals surface area contributed by atoms with Crippen LogP contribution in [0.5, 0.6) is 0 Å². The number of rotatable bonds is 4. The third-order valence-corrected chi connectivity index (χ3v) is 3.73. The van der Waals surface area contributed by atoms with Gasteiger partial charge in [-0.3, -0.25) is 5.41 Å². The smallest absolute Gasteiger partial charge is 0.124 e. The average Bonchev–Trinajstić information content (AvgIpc) is 2.81. The van der Waals surface area contributed by atoms with Crippen molar-refractivity contribution in [3.05, 3.63) is 51.2 Å². The summed E-state index contributed by atoms with van der Waals surface area (Å²) < 4.78 is 0. The van der Waals surface area contributed by atoms with Crippen LogP contribution in [0, 0.1) is 5.41 Å². The number of nitrogens with one attached hydrogen (secondary N) is 1. The number of benzene rings is 1. The number of halogens is 1. The zero-order chi connectivity index (χ0) is 13.1. The van der Waals surface area contributed by atoms with E-state index in [0.29, 0.717) is 10.6 Å². The second-order valence-electron chi connectivity index (χ2n) is 4.07. The lowest BCUT2D eigenvalue weighted by atomic mass is 10.1. The standard InChI is InChI=1S/C13H14ClN3S/c1-17(7-9-4-5-18-8-9)10-2-3-11(13(15)16)12(14)6-10/h2-6,8H,7H2,1H3,(H3,15,16). The highest BCUT2D eigenvalue weighted by Gasteiger charge is 2.08. The quantitative estimate of drug-likeness (QED) is 0.666. The molecular formula is C13H14ClN3S. The van der Waals surface area contributed by atoms with Crippen LogP contribution in [-0.4, -0.2) is 12.9 Å². The van der Waals surface area contributed by atoms with Gasteiger partial charge < -0.3 is 10.6 Å². The van der Waals surface area contributed by atoms with Gasteiger partial charge in [-0.1, -0.05) is 11.6 Å². The van der Waals surface area contributed by atoms with Crippen molar-refractivity contribution in [3.63, 3.8) is 0 Å². The monoisotopic (exact) mass is 279 g/mol. The van der Waals surface area contributed by atoms with Gasteiger partial charge in [-0.25, -0.2) is 0 Å². The molecule has 0 saturated heterocycles. The van der Waals surface area contributed by atoms with Crippen LogP contribution in [-0.2, 0) is 6.54 Å². The van der Waals surface area contributed by atoms with Gasteiger partial charge in [-0.15, -0.1) is 0 Å². The number of amidine groups is 1. The number of hydrogen-bond donors (Lipinski definition) is 2. The Morgan fingerprint density at radius 3 is 2.78 bits per heavy atom. The maximum Gasteiger partial charge on any atom is 0.124 e. The fourth-order valence-electron chi connectivity index (χ4n) is 1.71. The van der Waals surface area contributed by atoms with Gasteiger partial charge in [0.1, 0.15) is 5.84 Å². The van der Waals surface area contributed by atoms with Crippen molar-refractivity contribution in [3.8, 4) is 0 Å². The summed E-state index contributed by atoms with van der Waals surface area (Å²) in [6, 6.07) is 7.65. The fourth-order valence-corrected chi connectivity index (χ4v) is 2.64. The molecule has 1 aromatic carbocycles. The predicted octanol–water partition coefficient (Wildman–Crippen LogP) is 3.32. The second kappa shape index (κ2) is 5.42. The van der Waals surface area contributed by atoms with Crippen molar-refractivity contribution in [1.29, 1.82) is 5.41 Å². The van der Waals surface area contributed by atoms with E-state index in [-0.39, 0.29) is 5.84 Å². The average molecular weight is 280 g/mol. The molecule has 0 fully saturated rings. The van der Waals surface area contributed by atoms with Crippen molar-refractivity contribution in [2.45, 2.75) is 6.54 Å². The van der Waals surface area contributed by atoms with Crippen molar-refractivity contribution in [2.24, 2.45) is 5.73 Å². The number of nitrogens with two attached hydrogens (primary N) is 1. The van der Waals surface area contributed by atoms with Gasteiger partial charge in [0.25, 0.3) is 0 Å². The number of nitrogens with zero attached hydrogens (tertiary/aromatic N) is 1. The lowest BCUT2D eigenvalue weighted by Crippen LogP contribution is -2.17. The van der Waals surface area contributed by atoms with Gasteiger partial charge >= 0.3 is 0 Å². The minimum atomic E-state index is -0.00737. The van der Waals surface area contributed by atoms with Crippen LogP contribution in [0.15, 0.2) is 35.0 Å². The SMILES string of the molecule is CN(Cc1ccsc1)c1ccc(C(=N)N)c(Cl)c1. The van der Waals surface area contributed by atoms with Crippen LogP contribution in [0.1, 0.15) is 11.1 Å². The number of nitrogen functional groups attached to an aromatic ring is 1. The Morgan fingerprint density at radius 2 is 2.22 bits per heavy atom. The molecule has 3 N–H and O–H groups in total. The predicted molar refractivity (Wildman–Crippen MR) is 78.9 cm³/mol. The first kappa shape index (κ1) is 12.9. The largest absolute Gasteiger partial charge is 0.384 e. The molecule has 5 heteroatoms. The van der Waals surface area contributed by atoms with Gasteiger partial charge in [0.2, 0.25) is 0 Å². The molecule has 94 valence electrons. The van der Waals surface area contributed by atoms with E-state index in [9.17, 15) is 0 Å². The van der Waals surface area contributed by atoms with Gasteiger partial charge in [0.15, 0.2) is 0 Å². The van der Waals surface area contributed by atoms with Crippen molar-refractivity contribution in [1.82, 2.24) is 0 Å². The Kier molecular flexibility index (Phi) is 3.89. The molecule has 2 rings (SSSR count). The molecule has 0 atom stereocenters. The van der Waals surface area contributed by atoms with Crippen LogP contribution in [0.25, 0.3) is 0 Å². The molecule has 0 bridgehead atoms. The first-order chi connectivity index (χ1) is 8.58. The summed E-state index contributed by atoms with van der Waals surface area (Å²) in [5.41, 5.74) is 8.29. The van der Waals surface area contributed by atoms with Crippen LogP contribution in [0.2, 0.25) is 5.02 Å². The molecule has 0 aliphatic heterocycles. The third-order valence-electron chi connectivity index (χ3n) is 2.68. The first-order valence-electron chi connectivity index (χ1n) is 5.44. The Hall–Kier alpha value is -1.52. The minimum absolute atomic E-state index is 0.00737. The molecule has 0 aliphatic rings. The summed E-state index contributed by atoms with van der Waals surface area (Å²) in [6.45, 7) is 0.833. The van der Waals surface area contributed by atoms with Crippen molar-refractivity contribution < 1.29 is 0 Å². The highest BCUT2D eigenvalue weighted by atomic mass is 35.5. The molecule has 0 radical (unpaired) electrons. The zero-order valence-corrected chi connectivity index (χ0v) is 11.6. The van der Waals surface area contributed by atoms with Crippen molar-refractivity contribution >= 4 is 34.5 Å². The van der Waals surface area contributed by atoms with Gasteiger partial charge in [-0.2, -0.15) is 11.3 Å². The number of anilines is 1. The molecule has 0 unspecified atom stereocenters. The normalized spacial score (nSPS) is 10.3. The van der Waals surface area contributed by atoms with Crippen molar-refractivity contribution in [2.75, 3.05) is 11.9 Å². The summed E-state index contributed by atoms with van der Waals surface area (Å²) in [6.07, 6.45) is 0. The minimum Gasteiger partial charge on any atom is -0.384 e. The highest BCUT2D eigenvalue weighted by Crippen LogP contribution is 2.24. The van der Waals surface area contributed by atoms with E-state index in [1.807, 2.05) is 19.2 Å². The lowest BCUT2D eigenvalue weighted by Gasteiger charge is -2.19. The van der Waals surface area contributed by atoms with Crippen LogP contribution < -0.4 is 10.6 Å². The molecule has 3 nitrogen and oxygen atoms in total. The summed E-state index contributed by atoms with van der Waals surface area (Å²) in [5.74, 6) is -0.00737. The van der Waals surface area contributed by atoms with Crippen LogP contribution in [0.3, 0.4) is 0 Å². The molecule has 0 spiro atoms. The molecule has 2 aromatic rings. The Morgan fingerprint density at radius 1 is 1.44 bits per heavy atom. The second-order valence-corrected chi connectivity index (χ2v) is 5.25. The molecule has 18 heavy (non-hydrogen) atoms. The molecular weight excluding hydrogens is 266 g/mol. The summed E-state index contributed by atoms with van der Waals surface area (Å²) >= 11 is 7.79. The highest BCUT2D eigenvalue weighted by molar-refractivity contribution is 7.07. The maximum atomic E-state index is 7.39. The van der Waals surface area contributed by atoms with Crippen LogP contribution in [0.4, 0.5) is 5.69 Å². The third kappa shape index (κ3) is 2.83. The summed E-state index contributed by atoms with van der Waals surface area (Å²) in [5, 5.41) is 12.1. The summed E-state index contributed by atoms with van der Waals surface area (Å²) in [7, 11) is 2.01. The molecule has 1 aromatic heterocycles. The van der Waals surface area contributed by atoms with E-state index < -0.39 is 0 Å². The Balaban J connectivity index is 2.18. The van der Waals surface area contributed by atoms with E-state index in [4.69, 9.17) is 22.7 Å². The van der Waals surface area contributed by atoms with Gasteiger partial charge in [0.05, 0.1) is 5.02 Å². The molecule has 1 heterocycles. The van der Waals surface area contributed by atoms with E-state index >= 15 is 0 Å². The number of hydrogen-bond acceptors (Lipinski definition) is 3. The number of thiophene rings is 1. The zero-order valence-electron chi connectivity index (χ0n) is 9.98. The Labute approximate surface area is 115 Å².